The van der Waals surface area contributed by atoms with E-state index in [2.05, 4.69) is 34.8 Å². The topological polar surface area (TPSA) is 43.9 Å². The lowest BCUT2D eigenvalue weighted by Gasteiger charge is -2.07. The second kappa shape index (κ2) is 6.09. The minimum Gasteiger partial charge on any atom is -0.467 e. The number of thiazole rings is 1. The van der Waals surface area contributed by atoms with E-state index in [1.807, 2.05) is 30.5 Å². The zero-order valence-corrected chi connectivity index (χ0v) is 14.4. The van der Waals surface area contributed by atoms with Crippen LogP contribution < -0.4 is 0 Å². The molecule has 4 heterocycles. The maximum absolute atomic E-state index is 5.48. The van der Waals surface area contributed by atoms with Gasteiger partial charge in [-0.25, -0.2) is 4.98 Å². The van der Waals surface area contributed by atoms with E-state index >= 15 is 0 Å². The molecule has 4 aromatic heterocycles. The standard InChI is InChI=1S/C19H17N3OS/c1-13-9-17(14(2)22(13)11-16-6-4-8-23-16)18-12-24-19(21-18)15-5-3-7-20-10-15/h3-10,12H,11H2,1-2H3. The molecule has 0 saturated heterocycles. The average Bonchev–Trinajstić information content (AvgIpc) is 3.33. The highest BCUT2D eigenvalue weighted by molar-refractivity contribution is 7.13. The highest BCUT2D eigenvalue weighted by Crippen LogP contribution is 2.32. The molecule has 0 radical (unpaired) electrons. The maximum Gasteiger partial charge on any atom is 0.125 e. The zero-order valence-electron chi connectivity index (χ0n) is 13.6. The Labute approximate surface area is 144 Å². The van der Waals surface area contributed by atoms with Crippen LogP contribution >= 0.6 is 11.3 Å². The van der Waals surface area contributed by atoms with Gasteiger partial charge in [-0.1, -0.05) is 0 Å². The number of hydrogen-bond acceptors (Lipinski definition) is 4. The fourth-order valence-electron chi connectivity index (χ4n) is 2.88. The Morgan fingerprint density at radius 2 is 2.12 bits per heavy atom. The van der Waals surface area contributed by atoms with Crippen LogP contribution in [0.25, 0.3) is 21.8 Å². The van der Waals surface area contributed by atoms with Crippen molar-refractivity contribution in [2.45, 2.75) is 20.4 Å². The number of aromatic nitrogens is 3. The number of aryl methyl sites for hydroxylation is 1. The van der Waals surface area contributed by atoms with Crippen molar-refractivity contribution in [3.8, 4) is 21.8 Å². The first-order valence-corrected chi connectivity index (χ1v) is 8.66. The van der Waals surface area contributed by atoms with Gasteiger partial charge in [0.05, 0.1) is 18.5 Å². The molecule has 0 atom stereocenters. The molecular weight excluding hydrogens is 318 g/mol. The molecule has 0 aromatic carbocycles. The molecule has 0 aliphatic rings. The Bertz CT molecular complexity index is 952. The molecule has 120 valence electrons. The van der Waals surface area contributed by atoms with Crippen molar-refractivity contribution in [2.24, 2.45) is 0 Å². The summed E-state index contributed by atoms with van der Waals surface area (Å²) in [6, 6.07) is 10.1. The van der Waals surface area contributed by atoms with Crippen molar-refractivity contribution in [3.05, 3.63) is 71.5 Å². The number of pyridine rings is 1. The fraction of sp³-hybridized carbons (Fsp3) is 0.158. The molecule has 0 amide bonds. The van der Waals surface area contributed by atoms with Crippen LogP contribution in [0.2, 0.25) is 0 Å². The second-order valence-corrected chi connectivity index (χ2v) is 6.59. The minimum absolute atomic E-state index is 0.740. The number of hydrogen-bond donors (Lipinski definition) is 0. The van der Waals surface area contributed by atoms with E-state index in [0.717, 1.165) is 28.6 Å². The first-order chi connectivity index (χ1) is 11.7. The third-order valence-corrected chi connectivity index (χ3v) is 5.05. The van der Waals surface area contributed by atoms with Gasteiger partial charge in [-0.15, -0.1) is 11.3 Å². The van der Waals surface area contributed by atoms with Gasteiger partial charge in [0.2, 0.25) is 0 Å². The van der Waals surface area contributed by atoms with Crippen LogP contribution in [0.4, 0.5) is 0 Å². The highest BCUT2D eigenvalue weighted by Gasteiger charge is 2.15. The summed E-state index contributed by atoms with van der Waals surface area (Å²) < 4.78 is 7.74. The summed E-state index contributed by atoms with van der Waals surface area (Å²) in [4.78, 5) is 8.98. The molecule has 0 bridgehead atoms. The minimum atomic E-state index is 0.740. The molecule has 24 heavy (non-hydrogen) atoms. The van der Waals surface area contributed by atoms with Crippen LogP contribution in [0.1, 0.15) is 17.1 Å². The van der Waals surface area contributed by atoms with Crippen molar-refractivity contribution in [1.29, 1.82) is 0 Å². The first kappa shape index (κ1) is 14.9. The summed E-state index contributed by atoms with van der Waals surface area (Å²) in [6.07, 6.45) is 5.34. The predicted octanol–water partition coefficient (Wildman–Crippen LogP) is 4.93. The Morgan fingerprint density at radius 3 is 2.88 bits per heavy atom. The van der Waals surface area contributed by atoms with E-state index in [1.54, 1.807) is 23.8 Å². The molecule has 5 heteroatoms. The third-order valence-electron chi connectivity index (χ3n) is 4.16. The summed E-state index contributed by atoms with van der Waals surface area (Å²) in [5.41, 5.74) is 5.64. The molecule has 0 aliphatic heterocycles. The summed E-state index contributed by atoms with van der Waals surface area (Å²) in [6.45, 7) is 4.99. The average molecular weight is 335 g/mol. The molecule has 0 aliphatic carbocycles. The zero-order chi connectivity index (χ0) is 16.5. The third kappa shape index (κ3) is 2.67. The number of furan rings is 1. The highest BCUT2D eigenvalue weighted by atomic mass is 32.1. The van der Waals surface area contributed by atoms with E-state index in [-0.39, 0.29) is 0 Å². The van der Waals surface area contributed by atoms with Crippen molar-refractivity contribution < 1.29 is 4.42 Å². The Kier molecular flexibility index (Phi) is 3.78. The molecule has 0 spiro atoms. The monoisotopic (exact) mass is 335 g/mol. The van der Waals surface area contributed by atoms with Crippen molar-refractivity contribution in [3.63, 3.8) is 0 Å². The normalized spacial score (nSPS) is 11.1. The van der Waals surface area contributed by atoms with E-state index in [1.165, 1.54) is 17.0 Å². The van der Waals surface area contributed by atoms with Gasteiger partial charge in [-0.2, -0.15) is 0 Å². The van der Waals surface area contributed by atoms with Crippen LogP contribution in [-0.2, 0) is 6.54 Å². The predicted molar refractivity (Wildman–Crippen MR) is 96.1 cm³/mol. The van der Waals surface area contributed by atoms with E-state index in [0.29, 0.717) is 0 Å². The fourth-order valence-corrected chi connectivity index (χ4v) is 3.69. The molecule has 4 aromatic rings. The van der Waals surface area contributed by atoms with Gasteiger partial charge in [0.15, 0.2) is 0 Å². The first-order valence-electron chi connectivity index (χ1n) is 7.78. The van der Waals surface area contributed by atoms with Crippen molar-refractivity contribution in [1.82, 2.24) is 14.5 Å². The van der Waals surface area contributed by atoms with Gasteiger partial charge in [0.1, 0.15) is 10.8 Å². The summed E-state index contributed by atoms with van der Waals surface area (Å²) in [7, 11) is 0. The molecule has 0 unspecified atom stereocenters. The molecule has 0 N–H and O–H groups in total. The Hall–Kier alpha value is -2.66. The molecule has 4 nitrogen and oxygen atoms in total. The van der Waals surface area contributed by atoms with E-state index in [9.17, 15) is 0 Å². The van der Waals surface area contributed by atoms with Gasteiger partial charge in [-0.05, 0) is 44.2 Å². The lowest BCUT2D eigenvalue weighted by Crippen LogP contribution is -2.02. The Morgan fingerprint density at radius 1 is 1.21 bits per heavy atom. The van der Waals surface area contributed by atoms with Crippen LogP contribution in [0.15, 0.2) is 58.8 Å². The van der Waals surface area contributed by atoms with Crippen molar-refractivity contribution in [2.75, 3.05) is 0 Å². The van der Waals surface area contributed by atoms with Gasteiger partial charge >= 0.3 is 0 Å². The second-order valence-electron chi connectivity index (χ2n) is 5.73. The van der Waals surface area contributed by atoms with E-state index < -0.39 is 0 Å². The lowest BCUT2D eigenvalue weighted by atomic mass is 10.2. The summed E-state index contributed by atoms with van der Waals surface area (Å²) in [5, 5.41) is 3.11. The SMILES string of the molecule is Cc1cc(-c2csc(-c3cccnc3)n2)c(C)n1Cc1ccco1. The quantitative estimate of drug-likeness (QED) is 0.531. The van der Waals surface area contributed by atoms with Gasteiger partial charge in [-0.3, -0.25) is 4.98 Å². The van der Waals surface area contributed by atoms with Crippen LogP contribution in [0.5, 0.6) is 0 Å². The maximum atomic E-state index is 5.48. The van der Waals surface area contributed by atoms with Crippen LogP contribution in [-0.4, -0.2) is 14.5 Å². The van der Waals surface area contributed by atoms with Crippen LogP contribution in [0.3, 0.4) is 0 Å². The number of rotatable bonds is 4. The van der Waals surface area contributed by atoms with Gasteiger partial charge in [0.25, 0.3) is 0 Å². The smallest absolute Gasteiger partial charge is 0.125 e. The molecular formula is C19H17N3OS. The molecule has 0 saturated carbocycles. The summed E-state index contributed by atoms with van der Waals surface area (Å²) in [5.74, 6) is 0.956. The Balaban J connectivity index is 1.69. The largest absolute Gasteiger partial charge is 0.467 e. The van der Waals surface area contributed by atoms with Crippen molar-refractivity contribution >= 4 is 11.3 Å². The van der Waals surface area contributed by atoms with Gasteiger partial charge < -0.3 is 8.98 Å². The van der Waals surface area contributed by atoms with E-state index in [4.69, 9.17) is 9.40 Å². The van der Waals surface area contributed by atoms with Crippen LogP contribution in [0, 0.1) is 13.8 Å². The summed E-state index contributed by atoms with van der Waals surface area (Å²) >= 11 is 1.65. The molecule has 4 rings (SSSR count). The number of nitrogens with zero attached hydrogens (tertiary/aromatic N) is 3. The van der Waals surface area contributed by atoms with Gasteiger partial charge in [0, 0.05) is 40.3 Å². The molecule has 0 fully saturated rings. The lowest BCUT2D eigenvalue weighted by molar-refractivity contribution is 0.489.